The van der Waals surface area contributed by atoms with Crippen LogP contribution in [-0.2, 0) is 7.05 Å². The van der Waals surface area contributed by atoms with Crippen LogP contribution in [0.1, 0.15) is 38.3 Å². The molecule has 0 saturated heterocycles. The second-order valence-electron chi connectivity index (χ2n) is 4.41. The lowest BCUT2D eigenvalue weighted by molar-refractivity contribution is 0.280. The van der Waals surface area contributed by atoms with Gasteiger partial charge < -0.3 is 10.1 Å². The first-order chi connectivity index (χ1) is 8.24. The van der Waals surface area contributed by atoms with E-state index in [0.717, 1.165) is 37.7 Å². The van der Waals surface area contributed by atoms with Gasteiger partial charge in [-0.3, -0.25) is 0 Å². The predicted octanol–water partition coefficient (Wildman–Crippen LogP) is 2.28. The number of aromatic nitrogens is 2. The molecule has 17 heavy (non-hydrogen) atoms. The van der Waals surface area contributed by atoms with Crippen LogP contribution in [0.5, 0.6) is 5.88 Å². The maximum Gasteiger partial charge on any atom is 0.211 e. The van der Waals surface area contributed by atoms with Gasteiger partial charge in [0.2, 0.25) is 5.88 Å². The first-order valence-electron chi connectivity index (χ1n) is 6.58. The molecule has 0 radical (unpaired) electrons. The number of hydrogen-bond donors (Lipinski definition) is 1. The van der Waals surface area contributed by atoms with E-state index in [1.807, 2.05) is 20.0 Å². The van der Waals surface area contributed by atoms with E-state index in [2.05, 4.69) is 17.3 Å². The Morgan fingerprint density at radius 1 is 1.29 bits per heavy atom. The van der Waals surface area contributed by atoms with Crippen molar-refractivity contribution in [2.75, 3.05) is 19.7 Å². The van der Waals surface area contributed by atoms with E-state index < -0.39 is 0 Å². The quantitative estimate of drug-likeness (QED) is 0.672. The monoisotopic (exact) mass is 239 g/mol. The van der Waals surface area contributed by atoms with Crippen LogP contribution < -0.4 is 10.1 Å². The summed E-state index contributed by atoms with van der Waals surface area (Å²) in [6.45, 7) is 7.21. The molecule has 0 aliphatic rings. The highest BCUT2D eigenvalue weighted by Crippen LogP contribution is 2.11. The first-order valence-corrected chi connectivity index (χ1v) is 6.58. The molecule has 0 saturated carbocycles. The van der Waals surface area contributed by atoms with E-state index in [4.69, 9.17) is 4.74 Å². The molecular formula is C13H25N3O. The highest BCUT2D eigenvalue weighted by Gasteiger charge is 2.01. The molecule has 0 spiro atoms. The van der Waals surface area contributed by atoms with E-state index in [1.165, 1.54) is 19.3 Å². The van der Waals surface area contributed by atoms with Gasteiger partial charge in [-0.25, -0.2) is 4.68 Å². The van der Waals surface area contributed by atoms with Crippen molar-refractivity contribution in [2.45, 2.75) is 39.5 Å². The molecule has 1 aromatic rings. The van der Waals surface area contributed by atoms with E-state index in [0.29, 0.717) is 0 Å². The maximum atomic E-state index is 5.67. The summed E-state index contributed by atoms with van der Waals surface area (Å²) in [5.74, 6) is 0.867. The van der Waals surface area contributed by atoms with Crippen LogP contribution in [0.3, 0.4) is 0 Å². The summed E-state index contributed by atoms with van der Waals surface area (Å²) in [7, 11) is 1.91. The van der Waals surface area contributed by atoms with Crippen molar-refractivity contribution in [1.82, 2.24) is 15.1 Å². The van der Waals surface area contributed by atoms with Gasteiger partial charge in [-0.15, -0.1) is 0 Å². The van der Waals surface area contributed by atoms with Gasteiger partial charge in [0.15, 0.2) is 0 Å². The molecule has 0 bridgehead atoms. The van der Waals surface area contributed by atoms with Crippen LogP contribution in [0.4, 0.5) is 0 Å². The lowest BCUT2D eigenvalue weighted by Crippen LogP contribution is -2.15. The van der Waals surface area contributed by atoms with Crippen LogP contribution in [0.15, 0.2) is 6.07 Å². The molecule has 1 heterocycles. The molecule has 0 amide bonds. The molecule has 0 aromatic carbocycles. The topological polar surface area (TPSA) is 39.1 Å². The van der Waals surface area contributed by atoms with Crippen LogP contribution >= 0.6 is 0 Å². The van der Waals surface area contributed by atoms with Crippen molar-refractivity contribution >= 4 is 0 Å². The van der Waals surface area contributed by atoms with E-state index in [9.17, 15) is 0 Å². The molecule has 0 aliphatic heterocycles. The number of nitrogens with zero attached hydrogens (tertiary/aromatic N) is 2. The van der Waals surface area contributed by atoms with E-state index in [-0.39, 0.29) is 0 Å². The molecule has 1 rings (SSSR count). The van der Waals surface area contributed by atoms with Crippen molar-refractivity contribution in [2.24, 2.45) is 7.05 Å². The number of rotatable bonds is 9. The second kappa shape index (κ2) is 8.12. The molecule has 4 nitrogen and oxygen atoms in total. The third-order valence-corrected chi connectivity index (χ3v) is 2.63. The molecule has 1 aromatic heterocycles. The Labute approximate surface area is 104 Å². The second-order valence-corrected chi connectivity index (χ2v) is 4.41. The van der Waals surface area contributed by atoms with Crippen molar-refractivity contribution in [3.63, 3.8) is 0 Å². The Morgan fingerprint density at radius 3 is 2.76 bits per heavy atom. The number of unbranched alkanes of at least 4 members (excludes halogenated alkanes) is 2. The SMILES string of the molecule is CCCNCCCCCOc1cc(C)nn1C. The zero-order valence-corrected chi connectivity index (χ0v) is 11.3. The molecule has 0 unspecified atom stereocenters. The molecule has 0 atom stereocenters. The molecule has 0 aliphatic carbocycles. The molecule has 98 valence electrons. The Kier molecular flexibility index (Phi) is 6.70. The lowest BCUT2D eigenvalue weighted by Gasteiger charge is -2.06. The highest BCUT2D eigenvalue weighted by atomic mass is 16.5. The average Bonchev–Trinajstić information content (AvgIpc) is 2.61. The lowest BCUT2D eigenvalue weighted by atomic mass is 10.2. The van der Waals surface area contributed by atoms with Crippen molar-refractivity contribution in [1.29, 1.82) is 0 Å². The standard InChI is InChI=1S/C13H25N3O/c1-4-8-14-9-6-5-7-10-17-13-11-12(2)15-16(13)3/h11,14H,4-10H2,1-3H3. The van der Waals surface area contributed by atoms with Gasteiger partial charge in [0.1, 0.15) is 0 Å². The predicted molar refractivity (Wildman–Crippen MR) is 70.5 cm³/mol. The molecular weight excluding hydrogens is 214 g/mol. The van der Waals surface area contributed by atoms with Gasteiger partial charge >= 0.3 is 0 Å². The minimum atomic E-state index is 0.784. The summed E-state index contributed by atoms with van der Waals surface area (Å²) in [5, 5.41) is 7.64. The Hall–Kier alpha value is -1.03. The van der Waals surface area contributed by atoms with Crippen molar-refractivity contribution < 1.29 is 4.74 Å². The summed E-state index contributed by atoms with van der Waals surface area (Å²) in [4.78, 5) is 0. The third kappa shape index (κ3) is 5.73. The van der Waals surface area contributed by atoms with Crippen molar-refractivity contribution in [3.8, 4) is 5.88 Å². The molecule has 4 heteroatoms. The zero-order chi connectivity index (χ0) is 12.5. The summed E-state index contributed by atoms with van der Waals surface area (Å²) < 4.78 is 7.46. The fourth-order valence-corrected chi connectivity index (χ4v) is 1.73. The minimum absolute atomic E-state index is 0.784. The third-order valence-electron chi connectivity index (χ3n) is 2.63. The summed E-state index contributed by atoms with van der Waals surface area (Å²) in [6, 6.07) is 1.98. The van der Waals surface area contributed by atoms with E-state index in [1.54, 1.807) is 4.68 Å². The van der Waals surface area contributed by atoms with Gasteiger partial charge in [-0.1, -0.05) is 6.92 Å². The first kappa shape index (κ1) is 14.0. The van der Waals surface area contributed by atoms with Gasteiger partial charge in [-0.2, -0.15) is 5.10 Å². The number of ether oxygens (including phenoxy) is 1. The Bertz CT molecular complexity index is 310. The smallest absolute Gasteiger partial charge is 0.211 e. The van der Waals surface area contributed by atoms with E-state index >= 15 is 0 Å². The fraction of sp³-hybridized carbons (Fsp3) is 0.769. The Morgan fingerprint density at radius 2 is 2.12 bits per heavy atom. The number of nitrogens with one attached hydrogen (secondary N) is 1. The highest BCUT2D eigenvalue weighted by molar-refractivity contribution is 5.14. The maximum absolute atomic E-state index is 5.67. The largest absolute Gasteiger partial charge is 0.478 e. The Balaban J connectivity index is 1.99. The van der Waals surface area contributed by atoms with Crippen LogP contribution in [0.25, 0.3) is 0 Å². The summed E-state index contributed by atoms with van der Waals surface area (Å²) >= 11 is 0. The number of hydrogen-bond acceptors (Lipinski definition) is 3. The molecule has 0 fully saturated rings. The fourth-order valence-electron chi connectivity index (χ4n) is 1.73. The normalized spacial score (nSPS) is 10.8. The number of aryl methyl sites for hydroxylation is 2. The van der Waals surface area contributed by atoms with Crippen LogP contribution in [0.2, 0.25) is 0 Å². The van der Waals surface area contributed by atoms with Gasteiger partial charge in [0.05, 0.1) is 12.3 Å². The summed E-state index contributed by atoms with van der Waals surface area (Å²) in [6.07, 6.45) is 4.77. The zero-order valence-electron chi connectivity index (χ0n) is 11.3. The van der Waals surface area contributed by atoms with Crippen LogP contribution in [-0.4, -0.2) is 29.5 Å². The molecule has 1 N–H and O–H groups in total. The average molecular weight is 239 g/mol. The van der Waals surface area contributed by atoms with Gasteiger partial charge in [-0.05, 0) is 45.7 Å². The van der Waals surface area contributed by atoms with Crippen LogP contribution in [0, 0.1) is 6.92 Å². The minimum Gasteiger partial charge on any atom is -0.478 e. The summed E-state index contributed by atoms with van der Waals surface area (Å²) in [5.41, 5.74) is 1.01. The van der Waals surface area contributed by atoms with Gasteiger partial charge in [0.25, 0.3) is 0 Å². The van der Waals surface area contributed by atoms with Gasteiger partial charge in [0, 0.05) is 13.1 Å². The van der Waals surface area contributed by atoms with Crippen molar-refractivity contribution in [3.05, 3.63) is 11.8 Å².